The minimum atomic E-state index is -1.05. The standard InChI is InChI=1S/C26H30N6O6/c1-38-25(35)21(15-8-16-28-26(27)30-32(36)37)29-23(33)20-14-9-17-31(24(20)34)22(18-10-4-2-5-11-18)19-12-6-3-7-13-19/h2-7,9-14,17,21-22,36-37H,8,15-16H2,1H3,(H,29,33)(H3,27,28,30)/t21-/m0/s1. The summed E-state index contributed by atoms with van der Waals surface area (Å²) in [5.41, 5.74) is 8.47. The van der Waals surface area contributed by atoms with Crippen molar-refractivity contribution in [3.63, 3.8) is 0 Å². The van der Waals surface area contributed by atoms with Crippen LogP contribution >= 0.6 is 0 Å². The molecule has 0 bridgehead atoms. The van der Waals surface area contributed by atoms with E-state index in [0.717, 1.165) is 11.1 Å². The monoisotopic (exact) mass is 522 g/mol. The summed E-state index contributed by atoms with van der Waals surface area (Å²) in [5.74, 6) is -1.67. The Morgan fingerprint density at radius 1 is 1.03 bits per heavy atom. The molecule has 38 heavy (non-hydrogen) atoms. The van der Waals surface area contributed by atoms with Crippen molar-refractivity contribution < 1.29 is 24.7 Å². The lowest BCUT2D eigenvalue weighted by molar-refractivity contribution is -0.329. The maximum Gasteiger partial charge on any atom is 0.328 e. The number of hydrogen-bond acceptors (Lipinski definition) is 8. The van der Waals surface area contributed by atoms with E-state index in [-0.39, 0.29) is 29.8 Å². The second-order valence-electron chi connectivity index (χ2n) is 8.22. The molecule has 12 heteroatoms. The Kier molecular flexibility index (Phi) is 10.1. The molecule has 0 aliphatic carbocycles. The number of aliphatic imine (C=N–C) groups is 1. The average molecular weight is 523 g/mol. The number of hydrazine groups is 1. The quantitative estimate of drug-likeness (QED) is 0.0821. The Labute approximate surface area is 218 Å². The van der Waals surface area contributed by atoms with Crippen LogP contribution in [0.15, 0.2) is 88.8 Å². The van der Waals surface area contributed by atoms with Gasteiger partial charge in [0.2, 0.25) is 5.96 Å². The molecule has 3 rings (SSSR count). The van der Waals surface area contributed by atoms with Crippen molar-refractivity contribution >= 4 is 17.8 Å². The molecular weight excluding hydrogens is 492 g/mol. The molecule has 0 unspecified atom stereocenters. The third-order valence-electron chi connectivity index (χ3n) is 5.67. The summed E-state index contributed by atoms with van der Waals surface area (Å²) < 4.78 is 6.29. The highest BCUT2D eigenvalue weighted by Gasteiger charge is 2.25. The Morgan fingerprint density at radius 3 is 2.18 bits per heavy atom. The van der Waals surface area contributed by atoms with Gasteiger partial charge in [-0.2, -0.15) is 0 Å². The van der Waals surface area contributed by atoms with E-state index >= 15 is 0 Å². The van der Waals surface area contributed by atoms with Crippen LogP contribution in [0.5, 0.6) is 0 Å². The van der Waals surface area contributed by atoms with E-state index < -0.39 is 29.5 Å². The SMILES string of the molecule is COC(=O)[C@H](CCCN=C(N)NN(O)O)NC(=O)c1cccn(C(c2ccccc2)c2ccccc2)c1=O. The van der Waals surface area contributed by atoms with Crippen LogP contribution < -0.4 is 22.0 Å². The van der Waals surface area contributed by atoms with Gasteiger partial charge in [0, 0.05) is 18.1 Å². The number of aromatic nitrogens is 1. The number of nitrogens with zero attached hydrogens (tertiary/aromatic N) is 3. The number of ether oxygens (including phenoxy) is 1. The van der Waals surface area contributed by atoms with Crippen LogP contribution in [-0.2, 0) is 9.53 Å². The van der Waals surface area contributed by atoms with E-state index in [0.29, 0.717) is 6.42 Å². The van der Waals surface area contributed by atoms with Crippen LogP contribution in [0.3, 0.4) is 0 Å². The molecule has 0 aliphatic rings. The molecule has 0 saturated heterocycles. The second kappa shape index (κ2) is 13.7. The molecule has 1 atom stereocenters. The van der Waals surface area contributed by atoms with Gasteiger partial charge in [0.1, 0.15) is 11.6 Å². The number of nitrogens with one attached hydrogen (secondary N) is 2. The molecule has 6 N–H and O–H groups in total. The van der Waals surface area contributed by atoms with Crippen molar-refractivity contribution in [3.05, 3.63) is 106 Å². The minimum absolute atomic E-state index is 0.115. The first-order valence-electron chi connectivity index (χ1n) is 11.8. The highest BCUT2D eigenvalue weighted by molar-refractivity contribution is 5.96. The number of guanidine groups is 1. The fraction of sp³-hybridized carbons (Fsp3) is 0.231. The van der Waals surface area contributed by atoms with E-state index in [4.69, 9.17) is 20.9 Å². The third kappa shape index (κ3) is 7.49. The van der Waals surface area contributed by atoms with Gasteiger partial charge in [-0.3, -0.25) is 25.0 Å². The molecule has 0 radical (unpaired) electrons. The predicted molar refractivity (Wildman–Crippen MR) is 138 cm³/mol. The number of carbonyl (C=O) groups is 2. The highest BCUT2D eigenvalue weighted by atomic mass is 16.8. The smallest absolute Gasteiger partial charge is 0.328 e. The molecular formula is C26H30N6O6. The molecule has 1 aromatic heterocycles. The number of benzene rings is 2. The Hall–Kier alpha value is -4.52. The molecule has 0 aliphatic heterocycles. The molecule has 200 valence electrons. The number of esters is 1. The first-order valence-corrected chi connectivity index (χ1v) is 11.8. The van der Waals surface area contributed by atoms with Gasteiger partial charge in [-0.1, -0.05) is 60.7 Å². The number of carbonyl (C=O) groups excluding carboxylic acids is 2. The zero-order chi connectivity index (χ0) is 27.5. The normalized spacial score (nSPS) is 12.3. The van der Waals surface area contributed by atoms with E-state index in [1.165, 1.54) is 17.7 Å². The van der Waals surface area contributed by atoms with Crippen LogP contribution in [0, 0.1) is 0 Å². The maximum atomic E-state index is 13.5. The van der Waals surface area contributed by atoms with Gasteiger partial charge in [0.05, 0.1) is 13.2 Å². The van der Waals surface area contributed by atoms with Gasteiger partial charge in [-0.25, -0.2) is 10.2 Å². The Balaban J connectivity index is 1.83. The number of pyridine rings is 1. The maximum absolute atomic E-state index is 13.5. The summed E-state index contributed by atoms with van der Waals surface area (Å²) in [7, 11) is 1.19. The summed E-state index contributed by atoms with van der Waals surface area (Å²) >= 11 is 0. The van der Waals surface area contributed by atoms with Crippen molar-refractivity contribution in [2.45, 2.75) is 24.9 Å². The second-order valence-corrected chi connectivity index (χ2v) is 8.22. The fourth-order valence-electron chi connectivity index (χ4n) is 3.93. The Morgan fingerprint density at radius 2 is 1.63 bits per heavy atom. The van der Waals surface area contributed by atoms with Crippen LogP contribution in [-0.4, -0.2) is 57.8 Å². The molecule has 2 aromatic carbocycles. The largest absolute Gasteiger partial charge is 0.467 e. The summed E-state index contributed by atoms with van der Waals surface area (Å²) in [6, 6.07) is 20.4. The van der Waals surface area contributed by atoms with Crippen molar-refractivity contribution in [1.82, 2.24) is 20.6 Å². The van der Waals surface area contributed by atoms with Crippen LogP contribution in [0.2, 0.25) is 0 Å². The number of hydrogen-bond donors (Lipinski definition) is 5. The molecule has 0 saturated carbocycles. The summed E-state index contributed by atoms with van der Waals surface area (Å²) in [4.78, 5) is 42.9. The van der Waals surface area contributed by atoms with Gasteiger partial charge in [0.25, 0.3) is 11.5 Å². The molecule has 3 aromatic rings. The summed E-state index contributed by atoms with van der Waals surface area (Å²) in [5, 5.41) is 19.6. The topological polar surface area (TPSA) is 172 Å². The zero-order valence-corrected chi connectivity index (χ0v) is 20.7. The first-order chi connectivity index (χ1) is 18.3. The lowest BCUT2D eigenvalue weighted by Crippen LogP contribution is -2.44. The molecule has 12 nitrogen and oxygen atoms in total. The number of amides is 1. The number of nitrogens with two attached hydrogens (primary N) is 1. The van der Waals surface area contributed by atoms with E-state index in [1.807, 2.05) is 66.1 Å². The first kappa shape index (κ1) is 28.1. The van der Waals surface area contributed by atoms with Gasteiger partial charge >= 0.3 is 5.97 Å². The fourth-order valence-corrected chi connectivity index (χ4v) is 3.93. The summed E-state index contributed by atoms with van der Waals surface area (Å²) in [6.45, 7) is 0.115. The van der Waals surface area contributed by atoms with E-state index in [2.05, 4.69) is 10.3 Å². The lowest BCUT2D eigenvalue weighted by Gasteiger charge is -2.22. The van der Waals surface area contributed by atoms with Gasteiger partial charge in [0.15, 0.2) is 0 Å². The van der Waals surface area contributed by atoms with Crippen molar-refractivity contribution in [2.75, 3.05) is 13.7 Å². The number of methoxy groups -OCH3 is 1. The van der Waals surface area contributed by atoms with Crippen LogP contribution in [0.4, 0.5) is 0 Å². The zero-order valence-electron chi connectivity index (χ0n) is 20.7. The van der Waals surface area contributed by atoms with E-state index in [1.54, 1.807) is 12.3 Å². The van der Waals surface area contributed by atoms with Crippen LogP contribution in [0.1, 0.15) is 40.4 Å². The average Bonchev–Trinajstić information content (AvgIpc) is 2.91. The molecule has 0 fully saturated rings. The van der Waals surface area contributed by atoms with Crippen LogP contribution in [0.25, 0.3) is 0 Å². The summed E-state index contributed by atoms with van der Waals surface area (Å²) in [6.07, 6.45) is 2.05. The van der Waals surface area contributed by atoms with E-state index in [9.17, 15) is 14.4 Å². The van der Waals surface area contributed by atoms with Gasteiger partial charge < -0.3 is 20.4 Å². The predicted octanol–water partition coefficient (Wildman–Crippen LogP) is 1.44. The van der Waals surface area contributed by atoms with Gasteiger partial charge in [-0.05, 0) is 36.1 Å². The van der Waals surface area contributed by atoms with Gasteiger partial charge in [-0.15, -0.1) is 0 Å². The number of rotatable bonds is 11. The van der Waals surface area contributed by atoms with Crippen molar-refractivity contribution in [3.8, 4) is 0 Å². The van der Waals surface area contributed by atoms with Crippen molar-refractivity contribution in [1.29, 1.82) is 0 Å². The Bertz CT molecular complexity index is 1260. The molecule has 1 amide bonds. The highest BCUT2D eigenvalue weighted by Crippen LogP contribution is 2.25. The van der Waals surface area contributed by atoms with Crippen molar-refractivity contribution in [2.24, 2.45) is 10.7 Å². The third-order valence-corrected chi connectivity index (χ3v) is 5.67. The lowest BCUT2D eigenvalue weighted by atomic mass is 9.98. The molecule has 0 spiro atoms. The molecule has 1 heterocycles. The minimum Gasteiger partial charge on any atom is -0.467 e.